The van der Waals surface area contributed by atoms with Crippen LogP contribution in [0.15, 0.2) is 41.0 Å². The summed E-state index contributed by atoms with van der Waals surface area (Å²) in [7, 11) is 0. The van der Waals surface area contributed by atoms with E-state index in [0.29, 0.717) is 25.3 Å². The van der Waals surface area contributed by atoms with Crippen molar-refractivity contribution in [2.24, 2.45) is 4.99 Å². The van der Waals surface area contributed by atoms with Gasteiger partial charge in [-0.1, -0.05) is 18.2 Å². The van der Waals surface area contributed by atoms with Crippen molar-refractivity contribution in [3.63, 3.8) is 0 Å². The highest BCUT2D eigenvalue weighted by Gasteiger charge is 1.92. The van der Waals surface area contributed by atoms with Gasteiger partial charge in [0.2, 0.25) is 6.41 Å². The molecule has 0 aliphatic heterocycles. The monoisotopic (exact) mass is 246 g/mol. The highest BCUT2D eigenvalue weighted by atomic mass is 16.1. The molecule has 0 saturated heterocycles. The molecular formula is C13H18N4O. The van der Waals surface area contributed by atoms with Crippen LogP contribution >= 0.6 is 0 Å². The Morgan fingerprint density at radius 1 is 1.50 bits per heavy atom. The number of benzene rings is 1. The van der Waals surface area contributed by atoms with Crippen molar-refractivity contribution < 1.29 is 4.79 Å². The summed E-state index contributed by atoms with van der Waals surface area (Å²) in [4.78, 5) is 14.4. The average Bonchev–Trinajstić information content (AvgIpc) is 2.37. The van der Waals surface area contributed by atoms with Gasteiger partial charge in [-0.15, -0.1) is 0 Å². The first kappa shape index (κ1) is 13.9. The second kappa shape index (κ2) is 8.03. The summed E-state index contributed by atoms with van der Waals surface area (Å²) in [6.07, 6.45) is 4.01. The molecule has 0 aliphatic rings. The van der Waals surface area contributed by atoms with Gasteiger partial charge in [-0.25, -0.2) is 0 Å². The number of carbonyl (C=O) groups is 1. The zero-order chi connectivity index (χ0) is 13.2. The molecule has 0 heterocycles. The highest BCUT2D eigenvalue weighted by molar-refractivity contribution is 5.81. The minimum Gasteiger partial charge on any atom is -0.399 e. The molecule has 0 bridgehead atoms. The van der Waals surface area contributed by atoms with Crippen LogP contribution in [0.1, 0.15) is 12.5 Å². The fourth-order valence-corrected chi connectivity index (χ4v) is 1.38. The Hall–Kier alpha value is -2.14. The Labute approximate surface area is 107 Å². The molecule has 0 unspecified atom stereocenters. The third kappa shape index (κ3) is 5.27. The molecule has 1 rings (SSSR count). The lowest BCUT2D eigenvalue weighted by atomic mass is 10.2. The van der Waals surface area contributed by atoms with Crippen molar-refractivity contribution in [3.8, 4) is 0 Å². The molecule has 0 fully saturated rings. The zero-order valence-electron chi connectivity index (χ0n) is 10.4. The minimum atomic E-state index is 0.479. The standard InChI is InChI=1S/C13H18N4O/c1-2-13(17-10-18)8-16-9-15-7-11-4-3-5-12(14)6-11/h2-6,8,10,15H,7,9,14H2,1H3,(H,17,18)/b13-2+,16-8-. The maximum absolute atomic E-state index is 10.2. The molecule has 18 heavy (non-hydrogen) atoms. The summed E-state index contributed by atoms with van der Waals surface area (Å²) in [6.45, 7) is 3.01. The van der Waals surface area contributed by atoms with E-state index in [4.69, 9.17) is 5.73 Å². The average molecular weight is 246 g/mol. The molecular weight excluding hydrogens is 228 g/mol. The maximum Gasteiger partial charge on any atom is 0.211 e. The first-order chi connectivity index (χ1) is 8.76. The van der Waals surface area contributed by atoms with Gasteiger partial charge in [0, 0.05) is 18.4 Å². The van der Waals surface area contributed by atoms with E-state index in [1.807, 2.05) is 31.2 Å². The second-order valence-corrected chi connectivity index (χ2v) is 3.65. The van der Waals surface area contributed by atoms with Crippen LogP contribution in [0.4, 0.5) is 5.69 Å². The first-order valence-electron chi connectivity index (χ1n) is 5.67. The van der Waals surface area contributed by atoms with Crippen molar-refractivity contribution in [1.29, 1.82) is 0 Å². The third-order valence-electron chi connectivity index (χ3n) is 2.25. The molecule has 0 saturated carbocycles. The Morgan fingerprint density at radius 3 is 3.00 bits per heavy atom. The van der Waals surface area contributed by atoms with E-state index in [1.54, 1.807) is 12.3 Å². The number of nitrogens with two attached hydrogens (primary N) is 1. The van der Waals surface area contributed by atoms with E-state index in [9.17, 15) is 4.79 Å². The number of amides is 1. The van der Waals surface area contributed by atoms with E-state index in [1.165, 1.54) is 0 Å². The van der Waals surface area contributed by atoms with Gasteiger partial charge < -0.3 is 11.1 Å². The normalized spacial score (nSPS) is 11.7. The van der Waals surface area contributed by atoms with Gasteiger partial charge in [-0.3, -0.25) is 15.1 Å². The molecule has 5 nitrogen and oxygen atoms in total. The second-order valence-electron chi connectivity index (χ2n) is 3.65. The molecule has 4 N–H and O–H groups in total. The van der Waals surface area contributed by atoms with Crippen LogP contribution in [0.5, 0.6) is 0 Å². The number of anilines is 1. The van der Waals surface area contributed by atoms with Crippen LogP contribution in [0.3, 0.4) is 0 Å². The molecule has 96 valence electrons. The SMILES string of the molecule is C/C=C(\C=N/CNCc1cccc(N)c1)NC=O. The smallest absolute Gasteiger partial charge is 0.211 e. The topological polar surface area (TPSA) is 79.5 Å². The Kier molecular flexibility index (Phi) is 6.21. The van der Waals surface area contributed by atoms with Crippen molar-refractivity contribution >= 4 is 18.3 Å². The molecule has 0 spiro atoms. The lowest BCUT2D eigenvalue weighted by molar-refractivity contribution is -0.108. The Morgan fingerprint density at radius 2 is 2.33 bits per heavy atom. The molecule has 1 aromatic rings. The first-order valence-corrected chi connectivity index (χ1v) is 5.67. The van der Waals surface area contributed by atoms with Crippen LogP contribution in [-0.2, 0) is 11.3 Å². The van der Waals surface area contributed by atoms with Crippen LogP contribution in [0, 0.1) is 0 Å². The summed E-state index contributed by atoms with van der Waals surface area (Å²) < 4.78 is 0. The van der Waals surface area contributed by atoms with Crippen molar-refractivity contribution in [1.82, 2.24) is 10.6 Å². The number of hydrogen-bond donors (Lipinski definition) is 3. The van der Waals surface area contributed by atoms with Crippen LogP contribution in [0.2, 0.25) is 0 Å². The van der Waals surface area contributed by atoms with Crippen LogP contribution < -0.4 is 16.4 Å². The summed E-state index contributed by atoms with van der Waals surface area (Å²) in [5.74, 6) is 0. The van der Waals surface area contributed by atoms with Gasteiger partial charge in [0.05, 0.1) is 12.4 Å². The van der Waals surface area contributed by atoms with E-state index in [-0.39, 0.29) is 0 Å². The summed E-state index contributed by atoms with van der Waals surface area (Å²) in [5.41, 5.74) is 8.22. The van der Waals surface area contributed by atoms with Gasteiger partial charge in [-0.05, 0) is 24.6 Å². The number of nitrogen functional groups attached to an aromatic ring is 1. The Balaban J connectivity index is 2.30. The quantitative estimate of drug-likeness (QED) is 0.291. The molecule has 5 heteroatoms. The molecule has 0 atom stereocenters. The predicted octanol–water partition coefficient (Wildman–Crippen LogP) is 1.04. The number of aliphatic imine (C=N–C) groups is 1. The van der Waals surface area contributed by atoms with Gasteiger partial charge in [0.25, 0.3) is 0 Å². The minimum absolute atomic E-state index is 0.479. The summed E-state index contributed by atoms with van der Waals surface area (Å²) >= 11 is 0. The Bertz CT molecular complexity index is 440. The fraction of sp³-hybridized carbons (Fsp3) is 0.231. The number of allylic oxidation sites excluding steroid dienone is 2. The lowest BCUT2D eigenvalue weighted by Gasteiger charge is -2.03. The van der Waals surface area contributed by atoms with Crippen molar-refractivity contribution in [2.45, 2.75) is 13.5 Å². The lowest BCUT2D eigenvalue weighted by Crippen LogP contribution is -2.15. The summed E-state index contributed by atoms with van der Waals surface area (Å²) in [5, 5.41) is 5.69. The third-order valence-corrected chi connectivity index (χ3v) is 2.25. The fourth-order valence-electron chi connectivity index (χ4n) is 1.38. The molecule has 1 aromatic carbocycles. The number of nitrogens with one attached hydrogen (secondary N) is 2. The molecule has 0 aromatic heterocycles. The highest BCUT2D eigenvalue weighted by Crippen LogP contribution is 2.05. The number of rotatable bonds is 7. The zero-order valence-corrected chi connectivity index (χ0v) is 10.4. The molecule has 1 amide bonds. The number of carbonyl (C=O) groups excluding carboxylic acids is 1. The largest absolute Gasteiger partial charge is 0.399 e. The van der Waals surface area contributed by atoms with E-state index in [2.05, 4.69) is 15.6 Å². The summed E-state index contributed by atoms with van der Waals surface area (Å²) in [6, 6.07) is 7.69. The maximum atomic E-state index is 10.2. The van der Waals surface area contributed by atoms with Gasteiger partial charge in [0.15, 0.2) is 0 Å². The van der Waals surface area contributed by atoms with Crippen molar-refractivity contribution in [2.75, 3.05) is 12.4 Å². The van der Waals surface area contributed by atoms with E-state index < -0.39 is 0 Å². The van der Waals surface area contributed by atoms with Crippen LogP contribution in [0.25, 0.3) is 0 Å². The van der Waals surface area contributed by atoms with Gasteiger partial charge >= 0.3 is 0 Å². The van der Waals surface area contributed by atoms with Gasteiger partial charge in [-0.2, -0.15) is 0 Å². The van der Waals surface area contributed by atoms with Crippen LogP contribution in [-0.4, -0.2) is 19.3 Å². The molecule has 0 radical (unpaired) electrons. The van der Waals surface area contributed by atoms with Gasteiger partial charge in [0.1, 0.15) is 0 Å². The molecule has 0 aliphatic carbocycles. The van der Waals surface area contributed by atoms with E-state index >= 15 is 0 Å². The van der Waals surface area contributed by atoms with Crippen molar-refractivity contribution in [3.05, 3.63) is 41.6 Å². The number of nitrogens with zero attached hydrogens (tertiary/aromatic N) is 1. The predicted molar refractivity (Wildman–Crippen MR) is 74.0 cm³/mol. The number of hydrogen-bond acceptors (Lipinski definition) is 4. The van der Waals surface area contributed by atoms with E-state index in [0.717, 1.165) is 11.3 Å².